The van der Waals surface area contributed by atoms with Crippen LogP contribution in [0.2, 0.25) is 0 Å². The Morgan fingerprint density at radius 2 is 1.54 bits per heavy atom. The average molecular weight is 348 g/mol. The standard InChI is InChI=1S/C19H16N4O3/c1-12(24)20-16-11-7-6-10-15(16)19(26)18-17(14-8-4-3-5-9-14)21-23(22-18)13(2)25/h3-11H,1-2H3,(H,20,24). The number of benzene rings is 2. The third-order valence-corrected chi connectivity index (χ3v) is 3.64. The van der Waals surface area contributed by atoms with Crippen molar-refractivity contribution in [1.29, 1.82) is 0 Å². The highest BCUT2D eigenvalue weighted by atomic mass is 16.2. The number of rotatable bonds is 4. The maximum atomic E-state index is 13.1. The van der Waals surface area contributed by atoms with Crippen molar-refractivity contribution < 1.29 is 14.4 Å². The van der Waals surface area contributed by atoms with E-state index < -0.39 is 11.7 Å². The van der Waals surface area contributed by atoms with E-state index in [2.05, 4.69) is 15.5 Å². The zero-order chi connectivity index (χ0) is 18.7. The van der Waals surface area contributed by atoms with E-state index in [1.54, 1.807) is 36.4 Å². The lowest BCUT2D eigenvalue weighted by Crippen LogP contribution is -2.13. The minimum absolute atomic E-state index is 0.0456. The van der Waals surface area contributed by atoms with Gasteiger partial charge in [0.15, 0.2) is 5.69 Å². The Bertz CT molecular complexity index is 993. The van der Waals surface area contributed by atoms with Gasteiger partial charge in [-0.05, 0) is 12.1 Å². The maximum absolute atomic E-state index is 13.1. The summed E-state index contributed by atoms with van der Waals surface area (Å²) in [5.41, 5.74) is 1.67. The molecule has 1 heterocycles. The number of anilines is 1. The van der Waals surface area contributed by atoms with Crippen molar-refractivity contribution in [3.63, 3.8) is 0 Å². The third kappa shape index (κ3) is 3.41. The highest BCUT2D eigenvalue weighted by Crippen LogP contribution is 2.25. The molecule has 7 heteroatoms. The summed E-state index contributed by atoms with van der Waals surface area (Å²) in [6.45, 7) is 2.68. The van der Waals surface area contributed by atoms with E-state index in [1.165, 1.54) is 13.8 Å². The molecule has 26 heavy (non-hydrogen) atoms. The van der Waals surface area contributed by atoms with Crippen LogP contribution >= 0.6 is 0 Å². The summed E-state index contributed by atoms with van der Waals surface area (Å²) in [6.07, 6.45) is 0. The molecule has 0 saturated carbocycles. The minimum atomic E-state index is -0.430. The topological polar surface area (TPSA) is 94.0 Å². The third-order valence-electron chi connectivity index (χ3n) is 3.64. The van der Waals surface area contributed by atoms with Crippen molar-refractivity contribution in [3.05, 3.63) is 65.9 Å². The van der Waals surface area contributed by atoms with E-state index in [0.29, 0.717) is 16.9 Å². The van der Waals surface area contributed by atoms with Crippen LogP contribution in [0.4, 0.5) is 5.69 Å². The van der Waals surface area contributed by atoms with Crippen LogP contribution in [0.15, 0.2) is 54.6 Å². The van der Waals surface area contributed by atoms with Gasteiger partial charge >= 0.3 is 0 Å². The SMILES string of the molecule is CC(=O)Nc1ccccc1C(=O)c1nn(C(C)=O)nc1-c1ccccc1. The number of para-hydroxylation sites is 1. The molecule has 3 rings (SSSR count). The highest BCUT2D eigenvalue weighted by Gasteiger charge is 2.24. The van der Waals surface area contributed by atoms with Crippen molar-refractivity contribution in [2.24, 2.45) is 0 Å². The van der Waals surface area contributed by atoms with Gasteiger partial charge in [0.05, 0.1) is 5.69 Å². The Morgan fingerprint density at radius 1 is 0.885 bits per heavy atom. The molecule has 0 aliphatic heterocycles. The number of aromatic nitrogens is 3. The molecule has 1 N–H and O–H groups in total. The fraction of sp³-hybridized carbons (Fsp3) is 0.105. The predicted octanol–water partition coefficient (Wildman–Crippen LogP) is 2.79. The molecule has 0 saturated heterocycles. The van der Waals surface area contributed by atoms with Gasteiger partial charge in [-0.15, -0.1) is 15.0 Å². The van der Waals surface area contributed by atoms with Crippen LogP contribution in [0.25, 0.3) is 11.3 Å². The van der Waals surface area contributed by atoms with Gasteiger partial charge in [0.1, 0.15) is 5.69 Å². The zero-order valence-electron chi connectivity index (χ0n) is 14.3. The van der Waals surface area contributed by atoms with E-state index in [4.69, 9.17) is 0 Å². The summed E-state index contributed by atoms with van der Waals surface area (Å²) in [5, 5.41) is 10.9. The van der Waals surface area contributed by atoms with E-state index in [-0.39, 0.29) is 17.2 Å². The quantitative estimate of drug-likeness (QED) is 0.732. The molecule has 0 fully saturated rings. The van der Waals surface area contributed by atoms with Crippen LogP contribution < -0.4 is 5.32 Å². The van der Waals surface area contributed by atoms with Crippen LogP contribution in [0.5, 0.6) is 0 Å². The number of nitrogens with zero attached hydrogens (tertiary/aromatic N) is 3. The largest absolute Gasteiger partial charge is 0.326 e. The van der Waals surface area contributed by atoms with Crippen molar-refractivity contribution in [3.8, 4) is 11.3 Å². The molecule has 0 unspecified atom stereocenters. The van der Waals surface area contributed by atoms with Gasteiger partial charge in [-0.3, -0.25) is 14.4 Å². The van der Waals surface area contributed by atoms with E-state index in [0.717, 1.165) is 4.80 Å². The Balaban J connectivity index is 2.14. The number of amides is 1. The average Bonchev–Trinajstić information content (AvgIpc) is 3.07. The number of nitrogens with one attached hydrogen (secondary N) is 1. The number of hydrogen-bond acceptors (Lipinski definition) is 5. The van der Waals surface area contributed by atoms with Crippen LogP contribution in [-0.2, 0) is 4.79 Å². The fourth-order valence-electron chi connectivity index (χ4n) is 2.50. The number of carbonyl (C=O) groups excluding carboxylic acids is 3. The molecule has 0 radical (unpaired) electrons. The molecule has 2 aromatic carbocycles. The number of ketones is 1. The molecule has 0 aliphatic rings. The second-order valence-corrected chi connectivity index (χ2v) is 5.63. The van der Waals surface area contributed by atoms with E-state index in [1.807, 2.05) is 18.2 Å². The lowest BCUT2D eigenvalue weighted by Gasteiger charge is -2.08. The van der Waals surface area contributed by atoms with Gasteiger partial charge < -0.3 is 5.32 Å². The molecular formula is C19H16N4O3. The summed E-state index contributed by atoms with van der Waals surface area (Å²) in [5.74, 6) is -1.13. The Kier molecular flexibility index (Phi) is 4.70. The maximum Gasteiger partial charge on any atom is 0.261 e. The molecule has 0 atom stereocenters. The van der Waals surface area contributed by atoms with Crippen molar-refractivity contribution in [2.75, 3.05) is 5.32 Å². The summed E-state index contributed by atoms with van der Waals surface area (Å²) in [4.78, 5) is 37.1. The molecule has 3 aromatic rings. The number of carbonyl (C=O) groups is 3. The van der Waals surface area contributed by atoms with Crippen LogP contribution in [0, 0.1) is 0 Å². The Labute approximate surface area is 149 Å². The molecular weight excluding hydrogens is 332 g/mol. The Hall–Kier alpha value is -3.61. The van der Waals surface area contributed by atoms with Gasteiger partial charge in [-0.2, -0.15) is 0 Å². The second-order valence-electron chi connectivity index (χ2n) is 5.63. The van der Waals surface area contributed by atoms with Crippen molar-refractivity contribution in [2.45, 2.75) is 13.8 Å². The zero-order valence-corrected chi connectivity index (χ0v) is 14.3. The lowest BCUT2D eigenvalue weighted by atomic mass is 10.0. The molecule has 7 nitrogen and oxygen atoms in total. The van der Waals surface area contributed by atoms with Crippen molar-refractivity contribution in [1.82, 2.24) is 15.0 Å². The van der Waals surface area contributed by atoms with E-state index in [9.17, 15) is 14.4 Å². The monoisotopic (exact) mass is 348 g/mol. The predicted molar refractivity (Wildman–Crippen MR) is 95.9 cm³/mol. The summed E-state index contributed by atoms with van der Waals surface area (Å²) < 4.78 is 0. The summed E-state index contributed by atoms with van der Waals surface area (Å²) in [6, 6.07) is 15.6. The van der Waals surface area contributed by atoms with Gasteiger partial charge in [0.25, 0.3) is 5.91 Å². The van der Waals surface area contributed by atoms with Gasteiger partial charge in [-0.1, -0.05) is 42.5 Å². The molecule has 0 bridgehead atoms. The second kappa shape index (κ2) is 7.10. The van der Waals surface area contributed by atoms with Crippen LogP contribution in [-0.4, -0.2) is 32.6 Å². The van der Waals surface area contributed by atoms with Crippen molar-refractivity contribution >= 4 is 23.3 Å². The summed E-state index contributed by atoms with van der Waals surface area (Å²) >= 11 is 0. The Morgan fingerprint density at radius 3 is 2.19 bits per heavy atom. The number of hydrogen-bond donors (Lipinski definition) is 1. The van der Waals surface area contributed by atoms with Gasteiger partial charge in [0, 0.05) is 25.0 Å². The molecule has 1 amide bonds. The first-order chi connectivity index (χ1) is 12.5. The first-order valence-corrected chi connectivity index (χ1v) is 7.92. The lowest BCUT2D eigenvalue weighted by molar-refractivity contribution is -0.114. The normalized spacial score (nSPS) is 10.4. The van der Waals surface area contributed by atoms with Gasteiger partial charge in [0.2, 0.25) is 11.7 Å². The molecule has 1 aromatic heterocycles. The smallest absolute Gasteiger partial charge is 0.261 e. The first kappa shape index (κ1) is 17.2. The minimum Gasteiger partial charge on any atom is -0.326 e. The van der Waals surface area contributed by atoms with Crippen LogP contribution in [0.3, 0.4) is 0 Å². The molecule has 0 spiro atoms. The van der Waals surface area contributed by atoms with Gasteiger partial charge in [-0.25, -0.2) is 0 Å². The molecule has 130 valence electrons. The fourth-order valence-corrected chi connectivity index (χ4v) is 2.50. The first-order valence-electron chi connectivity index (χ1n) is 7.92. The van der Waals surface area contributed by atoms with Crippen LogP contribution in [0.1, 0.15) is 34.7 Å². The van der Waals surface area contributed by atoms with E-state index >= 15 is 0 Å². The highest BCUT2D eigenvalue weighted by molar-refractivity contribution is 6.15. The molecule has 0 aliphatic carbocycles. The summed E-state index contributed by atoms with van der Waals surface area (Å²) in [7, 11) is 0.